The maximum Gasteiger partial charge on any atom is 0.222 e. The van der Waals surface area contributed by atoms with Crippen molar-refractivity contribution in [1.29, 1.82) is 0 Å². The Hall–Kier alpha value is -2.17. The lowest BCUT2D eigenvalue weighted by Crippen LogP contribution is -2.39. The van der Waals surface area contributed by atoms with Crippen LogP contribution >= 0.6 is 0 Å². The van der Waals surface area contributed by atoms with Crippen molar-refractivity contribution in [2.75, 3.05) is 19.6 Å². The van der Waals surface area contributed by atoms with Gasteiger partial charge in [-0.25, -0.2) is 5.01 Å². The largest absolute Gasteiger partial charge is 0.341 e. The summed E-state index contributed by atoms with van der Waals surface area (Å²) in [6, 6.07) is 19.1. The van der Waals surface area contributed by atoms with E-state index in [9.17, 15) is 4.79 Å². The minimum atomic E-state index is 0.258. The highest BCUT2D eigenvalue weighted by molar-refractivity contribution is 5.78. The van der Waals surface area contributed by atoms with Crippen LogP contribution in [0.25, 0.3) is 0 Å². The smallest absolute Gasteiger partial charge is 0.222 e. The number of rotatable bonds is 7. The third-order valence-corrected chi connectivity index (χ3v) is 4.49. The van der Waals surface area contributed by atoms with Crippen LogP contribution < -0.4 is 5.84 Å². The second-order valence-electron chi connectivity index (χ2n) is 6.43. The first kappa shape index (κ1) is 16.7. The molecule has 126 valence electrons. The number of hydrogen-bond donors (Lipinski definition) is 1. The SMILES string of the molecule is NN(CCN1CCCC1=O)Cc1ccc(Cc2ccccc2)cc1. The van der Waals surface area contributed by atoms with Gasteiger partial charge in [0.05, 0.1) is 0 Å². The molecule has 1 aliphatic rings. The minimum Gasteiger partial charge on any atom is -0.341 e. The summed E-state index contributed by atoms with van der Waals surface area (Å²) >= 11 is 0. The van der Waals surface area contributed by atoms with Gasteiger partial charge in [-0.3, -0.25) is 10.6 Å². The predicted octanol–water partition coefficient (Wildman–Crippen LogP) is 2.58. The van der Waals surface area contributed by atoms with Crippen molar-refractivity contribution >= 4 is 5.91 Å². The molecule has 1 heterocycles. The standard InChI is InChI=1S/C20H25N3O/c21-23(14-13-22-12-4-7-20(22)24)16-19-10-8-18(9-11-19)15-17-5-2-1-3-6-17/h1-3,5-6,8-11H,4,7,12-16,21H2. The molecule has 1 amide bonds. The summed E-state index contributed by atoms with van der Waals surface area (Å²) < 4.78 is 0. The number of carbonyl (C=O) groups excluding carboxylic acids is 1. The van der Waals surface area contributed by atoms with Crippen LogP contribution in [-0.4, -0.2) is 35.5 Å². The van der Waals surface area contributed by atoms with Crippen LogP contribution in [0.15, 0.2) is 54.6 Å². The van der Waals surface area contributed by atoms with Crippen molar-refractivity contribution in [3.8, 4) is 0 Å². The van der Waals surface area contributed by atoms with E-state index in [0.29, 0.717) is 19.5 Å². The zero-order valence-electron chi connectivity index (χ0n) is 14.0. The van der Waals surface area contributed by atoms with Crippen molar-refractivity contribution in [3.05, 3.63) is 71.3 Å². The molecule has 2 aromatic rings. The van der Waals surface area contributed by atoms with E-state index in [2.05, 4.69) is 48.5 Å². The maximum atomic E-state index is 11.6. The number of amides is 1. The predicted molar refractivity (Wildman–Crippen MR) is 96.1 cm³/mol. The third-order valence-electron chi connectivity index (χ3n) is 4.49. The number of benzene rings is 2. The van der Waals surface area contributed by atoms with E-state index in [-0.39, 0.29) is 5.91 Å². The molecule has 0 unspecified atom stereocenters. The fourth-order valence-electron chi connectivity index (χ4n) is 3.10. The fourth-order valence-corrected chi connectivity index (χ4v) is 3.10. The second-order valence-corrected chi connectivity index (χ2v) is 6.43. The van der Waals surface area contributed by atoms with Gasteiger partial charge >= 0.3 is 0 Å². The molecule has 0 saturated carbocycles. The summed E-state index contributed by atoms with van der Waals surface area (Å²) in [6.07, 6.45) is 2.62. The summed E-state index contributed by atoms with van der Waals surface area (Å²) in [5.74, 6) is 6.34. The normalized spacial score (nSPS) is 14.6. The van der Waals surface area contributed by atoms with E-state index in [1.54, 1.807) is 5.01 Å². The van der Waals surface area contributed by atoms with Gasteiger partial charge in [0.1, 0.15) is 0 Å². The molecule has 0 bridgehead atoms. The summed E-state index contributed by atoms with van der Waals surface area (Å²) in [4.78, 5) is 13.5. The summed E-state index contributed by atoms with van der Waals surface area (Å²) in [5.41, 5.74) is 3.82. The average molecular weight is 323 g/mol. The molecule has 3 rings (SSSR count). The van der Waals surface area contributed by atoms with Gasteiger partial charge in [0.25, 0.3) is 0 Å². The molecule has 0 aliphatic carbocycles. The Bertz CT molecular complexity index is 654. The van der Waals surface area contributed by atoms with Gasteiger partial charge in [-0.2, -0.15) is 0 Å². The molecule has 2 aromatic carbocycles. The van der Waals surface area contributed by atoms with Gasteiger partial charge in [-0.05, 0) is 29.5 Å². The highest BCUT2D eigenvalue weighted by Gasteiger charge is 2.19. The Morgan fingerprint density at radius 2 is 1.62 bits per heavy atom. The van der Waals surface area contributed by atoms with Gasteiger partial charge in [-0.1, -0.05) is 54.6 Å². The van der Waals surface area contributed by atoms with Crippen LogP contribution in [0.3, 0.4) is 0 Å². The number of carbonyl (C=O) groups is 1. The van der Waals surface area contributed by atoms with Crippen molar-refractivity contribution in [1.82, 2.24) is 9.91 Å². The Morgan fingerprint density at radius 3 is 2.29 bits per heavy atom. The molecule has 4 heteroatoms. The molecule has 2 N–H and O–H groups in total. The topological polar surface area (TPSA) is 49.6 Å². The van der Waals surface area contributed by atoms with Crippen LogP contribution in [0.4, 0.5) is 0 Å². The van der Waals surface area contributed by atoms with E-state index in [1.165, 1.54) is 16.7 Å². The van der Waals surface area contributed by atoms with Gasteiger partial charge in [0.2, 0.25) is 5.91 Å². The van der Waals surface area contributed by atoms with E-state index in [4.69, 9.17) is 5.84 Å². The molecule has 1 aliphatic heterocycles. The lowest BCUT2D eigenvalue weighted by Gasteiger charge is -2.21. The molecule has 0 radical (unpaired) electrons. The average Bonchev–Trinajstić information content (AvgIpc) is 3.01. The summed E-state index contributed by atoms with van der Waals surface area (Å²) in [7, 11) is 0. The Kier molecular flexibility index (Phi) is 5.62. The van der Waals surface area contributed by atoms with Crippen molar-refractivity contribution < 1.29 is 4.79 Å². The van der Waals surface area contributed by atoms with Crippen molar-refractivity contribution in [2.24, 2.45) is 5.84 Å². The van der Waals surface area contributed by atoms with Crippen molar-refractivity contribution in [2.45, 2.75) is 25.8 Å². The fraction of sp³-hybridized carbons (Fsp3) is 0.350. The molecule has 4 nitrogen and oxygen atoms in total. The van der Waals surface area contributed by atoms with Gasteiger partial charge in [0, 0.05) is 32.6 Å². The first-order valence-corrected chi connectivity index (χ1v) is 8.60. The molecule has 1 saturated heterocycles. The zero-order chi connectivity index (χ0) is 16.8. The van der Waals surface area contributed by atoms with E-state index >= 15 is 0 Å². The van der Waals surface area contributed by atoms with Crippen LogP contribution in [0, 0.1) is 0 Å². The van der Waals surface area contributed by atoms with E-state index in [1.807, 2.05) is 11.0 Å². The first-order chi connectivity index (χ1) is 11.7. The molecule has 24 heavy (non-hydrogen) atoms. The Labute approximate surface area is 143 Å². The number of hydrogen-bond acceptors (Lipinski definition) is 3. The van der Waals surface area contributed by atoms with E-state index < -0.39 is 0 Å². The lowest BCUT2D eigenvalue weighted by atomic mass is 10.0. The van der Waals surface area contributed by atoms with E-state index in [0.717, 1.165) is 25.9 Å². The van der Waals surface area contributed by atoms with Crippen LogP contribution in [-0.2, 0) is 17.8 Å². The molecule has 1 fully saturated rings. The quantitative estimate of drug-likeness (QED) is 0.629. The van der Waals surface area contributed by atoms with Gasteiger partial charge in [0.15, 0.2) is 0 Å². The second kappa shape index (κ2) is 8.08. The van der Waals surface area contributed by atoms with Crippen molar-refractivity contribution in [3.63, 3.8) is 0 Å². The summed E-state index contributed by atoms with van der Waals surface area (Å²) in [6.45, 7) is 3.01. The van der Waals surface area contributed by atoms with Gasteiger partial charge < -0.3 is 4.90 Å². The van der Waals surface area contributed by atoms with Gasteiger partial charge in [-0.15, -0.1) is 0 Å². The first-order valence-electron chi connectivity index (χ1n) is 8.60. The van der Waals surface area contributed by atoms with Crippen LogP contribution in [0.2, 0.25) is 0 Å². The van der Waals surface area contributed by atoms with Crippen LogP contribution in [0.1, 0.15) is 29.5 Å². The number of nitrogens with two attached hydrogens (primary N) is 1. The monoisotopic (exact) mass is 323 g/mol. The highest BCUT2D eigenvalue weighted by Crippen LogP contribution is 2.12. The molecule has 0 atom stereocenters. The van der Waals surface area contributed by atoms with Crippen LogP contribution in [0.5, 0.6) is 0 Å². The zero-order valence-corrected chi connectivity index (χ0v) is 14.0. The Morgan fingerprint density at radius 1 is 0.958 bits per heavy atom. The maximum absolute atomic E-state index is 11.6. The number of nitrogens with zero attached hydrogens (tertiary/aromatic N) is 2. The lowest BCUT2D eigenvalue weighted by molar-refractivity contribution is -0.127. The molecular weight excluding hydrogens is 298 g/mol. The minimum absolute atomic E-state index is 0.258. The summed E-state index contributed by atoms with van der Waals surface area (Å²) in [5, 5.41) is 1.79. The molecular formula is C20H25N3O. The molecule has 0 aromatic heterocycles. The molecule has 0 spiro atoms. The third kappa shape index (κ3) is 4.66. The number of hydrazine groups is 1. The number of likely N-dealkylation sites (tertiary alicyclic amines) is 1. The highest BCUT2D eigenvalue weighted by atomic mass is 16.2. The Balaban J connectivity index is 1.47.